The lowest BCUT2D eigenvalue weighted by molar-refractivity contribution is -0.119. The number of amides is 1. The van der Waals surface area contributed by atoms with Crippen molar-refractivity contribution in [3.63, 3.8) is 0 Å². The van der Waals surface area contributed by atoms with E-state index in [1.54, 1.807) is 7.11 Å². The number of nitrogens with zero attached hydrogens (tertiary/aromatic N) is 6. The van der Waals surface area contributed by atoms with Crippen LogP contribution in [0.3, 0.4) is 0 Å². The van der Waals surface area contributed by atoms with Crippen LogP contribution in [-0.4, -0.2) is 43.4 Å². The number of carbonyl (C=O) groups is 1. The van der Waals surface area contributed by atoms with Crippen LogP contribution in [0.15, 0.2) is 36.7 Å². The summed E-state index contributed by atoms with van der Waals surface area (Å²) < 4.78 is 6.43. The average Bonchev–Trinajstić information content (AvgIpc) is 3.26. The van der Waals surface area contributed by atoms with E-state index in [9.17, 15) is 4.79 Å². The first kappa shape index (κ1) is 16.1. The fourth-order valence-electron chi connectivity index (χ4n) is 2.13. The molecule has 1 atom stereocenters. The number of aromatic nitrogens is 6. The van der Waals surface area contributed by atoms with Crippen LogP contribution in [0.1, 0.15) is 16.6 Å². The highest BCUT2D eigenvalue weighted by Crippen LogP contribution is 2.19. The van der Waals surface area contributed by atoms with E-state index in [0.29, 0.717) is 23.2 Å². The zero-order valence-corrected chi connectivity index (χ0v) is 13.7. The van der Waals surface area contributed by atoms with Gasteiger partial charge in [-0.25, -0.2) is 4.68 Å². The van der Waals surface area contributed by atoms with Gasteiger partial charge in [0.25, 0.3) is 5.91 Å². The summed E-state index contributed by atoms with van der Waals surface area (Å²) in [6.07, 6.45) is 1.88. The number of anilines is 1. The minimum Gasteiger partial charge on any atom is -0.377 e. The molecule has 2 aromatic heterocycles. The average molecular weight is 345 g/mol. The molecule has 0 aliphatic carbocycles. The largest absolute Gasteiger partial charge is 0.377 e. The molecule has 2 heterocycles. The molecular formula is C14H15N7O2S. The van der Waals surface area contributed by atoms with E-state index in [-0.39, 0.29) is 5.91 Å². The number of benzene rings is 1. The van der Waals surface area contributed by atoms with Crippen LogP contribution in [0.2, 0.25) is 0 Å². The summed E-state index contributed by atoms with van der Waals surface area (Å²) in [6.45, 7) is 0.355. The molecule has 0 saturated heterocycles. The third-order valence-corrected chi connectivity index (χ3v) is 4.04. The van der Waals surface area contributed by atoms with E-state index >= 15 is 0 Å². The Kier molecular flexibility index (Phi) is 5.18. The van der Waals surface area contributed by atoms with Crippen LogP contribution in [-0.2, 0) is 22.6 Å². The predicted octanol–water partition coefficient (Wildman–Crippen LogP) is 1.09. The summed E-state index contributed by atoms with van der Waals surface area (Å²) in [5, 5.41) is 22.8. The fourth-order valence-corrected chi connectivity index (χ4v) is 2.84. The molecule has 3 rings (SSSR count). The van der Waals surface area contributed by atoms with Crippen LogP contribution in [0.25, 0.3) is 0 Å². The number of tetrazole rings is 1. The number of methoxy groups -OCH3 is 1. The lowest BCUT2D eigenvalue weighted by Crippen LogP contribution is -2.28. The Morgan fingerprint density at radius 2 is 2.17 bits per heavy atom. The second-order valence-corrected chi connectivity index (χ2v) is 5.98. The van der Waals surface area contributed by atoms with Gasteiger partial charge in [-0.05, 0) is 16.0 Å². The maximum Gasteiger partial charge on any atom is 0.251 e. The zero-order valence-electron chi connectivity index (χ0n) is 12.9. The molecule has 124 valence electrons. The molecule has 1 amide bonds. The van der Waals surface area contributed by atoms with Gasteiger partial charge in [-0.1, -0.05) is 41.7 Å². The van der Waals surface area contributed by atoms with Gasteiger partial charge in [0.2, 0.25) is 5.13 Å². The van der Waals surface area contributed by atoms with Gasteiger partial charge < -0.3 is 4.74 Å². The van der Waals surface area contributed by atoms with Gasteiger partial charge in [0, 0.05) is 13.5 Å². The molecule has 0 aliphatic rings. The predicted molar refractivity (Wildman–Crippen MR) is 86.3 cm³/mol. The van der Waals surface area contributed by atoms with Gasteiger partial charge in [-0.2, -0.15) is 0 Å². The van der Waals surface area contributed by atoms with Crippen LogP contribution < -0.4 is 5.32 Å². The lowest BCUT2D eigenvalue weighted by Gasteiger charge is -2.15. The Labute approximate surface area is 141 Å². The summed E-state index contributed by atoms with van der Waals surface area (Å²) in [4.78, 5) is 12.7. The van der Waals surface area contributed by atoms with Crippen LogP contribution in [0, 0.1) is 0 Å². The molecule has 0 fully saturated rings. The summed E-state index contributed by atoms with van der Waals surface area (Å²) in [7, 11) is 1.58. The van der Waals surface area contributed by atoms with E-state index in [4.69, 9.17) is 4.74 Å². The monoisotopic (exact) mass is 345 g/mol. The first-order chi connectivity index (χ1) is 11.8. The van der Waals surface area contributed by atoms with Crippen molar-refractivity contribution in [1.29, 1.82) is 0 Å². The van der Waals surface area contributed by atoms with Crippen molar-refractivity contribution < 1.29 is 9.53 Å². The highest BCUT2D eigenvalue weighted by Gasteiger charge is 2.23. The van der Waals surface area contributed by atoms with Crippen LogP contribution in [0.4, 0.5) is 5.13 Å². The Morgan fingerprint density at radius 3 is 2.88 bits per heavy atom. The Bertz CT molecular complexity index is 776. The van der Waals surface area contributed by atoms with Gasteiger partial charge in [0.05, 0.1) is 0 Å². The number of carbonyl (C=O) groups excluding carboxylic acids is 1. The molecule has 1 N–H and O–H groups in total. The van der Waals surface area contributed by atoms with Crippen molar-refractivity contribution in [2.75, 3.05) is 12.4 Å². The first-order valence-electron chi connectivity index (χ1n) is 7.15. The van der Waals surface area contributed by atoms with Crippen molar-refractivity contribution in [3.8, 4) is 0 Å². The maximum atomic E-state index is 12.7. The molecule has 0 saturated carbocycles. The molecule has 1 aromatic carbocycles. The van der Waals surface area contributed by atoms with Crippen molar-refractivity contribution in [1.82, 2.24) is 30.4 Å². The Balaban J connectivity index is 1.75. The van der Waals surface area contributed by atoms with Crippen molar-refractivity contribution in [3.05, 3.63) is 47.2 Å². The fraction of sp³-hybridized carbons (Fsp3) is 0.286. The van der Waals surface area contributed by atoms with Crippen LogP contribution in [0.5, 0.6) is 0 Å². The molecule has 0 aliphatic heterocycles. The van der Waals surface area contributed by atoms with Gasteiger partial charge in [0.15, 0.2) is 0 Å². The molecule has 0 bridgehead atoms. The maximum absolute atomic E-state index is 12.7. The molecule has 0 spiro atoms. The normalized spacial score (nSPS) is 12.0. The zero-order chi connectivity index (χ0) is 16.8. The smallest absolute Gasteiger partial charge is 0.251 e. The number of rotatable bonds is 7. The SMILES string of the molecule is COCc1nnc(NC(=O)C(Cc2ccccc2)n2cnnn2)s1. The van der Waals surface area contributed by atoms with Gasteiger partial charge in [-0.15, -0.1) is 15.3 Å². The molecule has 9 nitrogen and oxygen atoms in total. The van der Waals surface area contributed by atoms with E-state index in [1.165, 1.54) is 22.3 Å². The highest BCUT2D eigenvalue weighted by molar-refractivity contribution is 7.15. The first-order valence-corrected chi connectivity index (χ1v) is 7.96. The van der Waals surface area contributed by atoms with Crippen molar-refractivity contribution >= 4 is 22.4 Å². The number of hydrogen-bond acceptors (Lipinski definition) is 8. The highest BCUT2D eigenvalue weighted by atomic mass is 32.1. The van der Waals surface area contributed by atoms with E-state index in [2.05, 4.69) is 31.0 Å². The van der Waals surface area contributed by atoms with Gasteiger partial charge >= 0.3 is 0 Å². The summed E-state index contributed by atoms with van der Waals surface area (Å²) in [5.74, 6) is -0.258. The molecular weight excluding hydrogens is 330 g/mol. The molecule has 0 radical (unpaired) electrons. The minimum atomic E-state index is -0.586. The van der Waals surface area contributed by atoms with Crippen molar-refractivity contribution in [2.24, 2.45) is 0 Å². The summed E-state index contributed by atoms with van der Waals surface area (Å²) >= 11 is 1.27. The molecule has 10 heteroatoms. The lowest BCUT2D eigenvalue weighted by atomic mass is 10.1. The standard InChI is InChI=1S/C14H15N7O2S/c1-23-8-12-17-18-14(24-12)16-13(22)11(21-9-15-19-20-21)7-10-5-3-2-4-6-10/h2-6,9,11H,7-8H2,1H3,(H,16,18,22). The topological polar surface area (TPSA) is 108 Å². The number of ether oxygens (including phenoxy) is 1. The third-order valence-electron chi connectivity index (χ3n) is 3.22. The Hall–Kier alpha value is -2.72. The summed E-state index contributed by atoms with van der Waals surface area (Å²) in [5.41, 5.74) is 1.01. The van der Waals surface area contributed by atoms with E-state index in [1.807, 2.05) is 30.3 Å². The number of nitrogens with one attached hydrogen (secondary N) is 1. The Morgan fingerprint density at radius 1 is 1.33 bits per heavy atom. The second kappa shape index (κ2) is 7.70. The van der Waals surface area contributed by atoms with Crippen molar-refractivity contribution in [2.45, 2.75) is 19.1 Å². The molecule has 24 heavy (non-hydrogen) atoms. The minimum absolute atomic E-state index is 0.258. The van der Waals surface area contributed by atoms with E-state index in [0.717, 1.165) is 5.56 Å². The van der Waals surface area contributed by atoms with E-state index < -0.39 is 6.04 Å². The van der Waals surface area contributed by atoms with Crippen LogP contribution >= 0.6 is 11.3 Å². The second-order valence-electron chi connectivity index (χ2n) is 4.92. The van der Waals surface area contributed by atoms with Gasteiger partial charge in [0.1, 0.15) is 24.0 Å². The number of hydrogen-bond donors (Lipinski definition) is 1. The summed E-state index contributed by atoms with van der Waals surface area (Å²) in [6, 6.07) is 9.08. The molecule has 3 aromatic rings. The molecule has 1 unspecified atom stereocenters. The third kappa shape index (κ3) is 3.97. The quantitative estimate of drug-likeness (QED) is 0.683. The van der Waals surface area contributed by atoms with Gasteiger partial charge in [-0.3, -0.25) is 10.1 Å².